The monoisotopic (exact) mass is 307 g/mol. The molecular weight excluding hydrogens is 286 g/mol. The van der Waals surface area contributed by atoms with E-state index in [1.165, 1.54) is 5.56 Å². The second-order valence-corrected chi connectivity index (χ2v) is 5.85. The molecule has 0 aromatic heterocycles. The van der Waals surface area contributed by atoms with Gasteiger partial charge in [0.1, 0.15) is 5.37 Å². The molecule has 22 heavy (non-hydrogen) atoms. The van der Waals surface area contributed by atoms with Crippen molar-refractivity contribution in [2.75, 3.05) is 12.8 Å². The number of thioether (sulfide) groups is 1. The van der Waals surface area contributed by atoms with Gasteiger partial charge in [0.25, 0.3) is 0 Å². The molecule has 0 bridgehead atoms. The van der Waals surface area contributed by atoms with Crippen LogP contribution in [0.4, 0.5) is 0 Å². The highest BCUT2D eigenvalue weighted by Crippen LogP contribution is 2.16. The molecule has 0 aliphatic carbocycles. The summed E-state index contributed by atoms with van der Waals surface area (Å²) in [6.07, 6.45) is 4.04. The average molecular weight is 307 g/mol. The Bertz CT molecular complexity index is 625. The van der Waals surface area contributed by atoms with Crippen LogP contribution in [0.5, 0.6) is 0 Å². The molecule has 2 heteroatoms. The molecule has 1 atom stereocenters. The van der Waals surface area contributed by atoms with Gasteiger partial charge in [-0.3, -0.25) is 4.90 Å². The second kappa shape index (κ2) is 9.15. The Morgan fingerprint density at radius 3 is 2.32 bits per heavy atom. The first-order valence-electron chi connectivity index (χ1n) is 7.31. The van der Waals surface area contributed by atoms with Crippen LogP contribution in [0.1, 0.15) is 11.1 Å². The first-order chi connectivity index (χ1) is 10.8. The van der Waals surface area contributed by atoms with Gasteiger partial charge in [0.2, 0.25) is 0 Å². The minimum absolute atomic E-state index is 0.151. The molecule has 0 radical (unpaired) electrons. The van der Waals surface area contributed by atoms with Crippen LogP contribution in [0, 0.1) is 11.8 Å². The summed E-state index contributed by atoms with van der Waals surface area (Å²) < 4.78 is 0. The summed E-state index contributed by atoms with van der Waals surface area (Å²) in [5.41, 5.74) is 2.35. The standard InChI is InChI=1S/C20H21NS/c1-3-16-21(17-19-12-8-5-9-13-19)20(22-2)15-14-18-10-6-4-7-11-18/h3-13,20H,1,16-17H2,2H3. The summed E-state index contributed by atoms with van der Waals surface area (Å²) in [6.45, 7) is 5.58. The molecule has 0 aliphatic rings. The lowest BCUT2D eigenvalue weighted by molar-refractivity contribution is 0.311. The summed E-state index contributed by atoms with van der Waals surface area (Å²) in [4.78, 5) is 2.34. The Morgan fingerprint density at radius 1 is 1.09 bits per heavy atom. The number of nitrogens with zero attached hydrogens (tertiary/aromatic N) is 1. The van der Waals surface area contributed by atoms with Gasteiger partial charge in [-0.05, 0) is 24.0 Å². The van der Waals surface area contributed by atoms with E-state index in [1.54, 1.807) is 11.8 Å². The molecule has 0 saturated heterocycles. The first-order valence-corrected chi connectivity index (χ1v) is 8.60. The van der Waals surface area contributed by atoms with Gasteiger partial charge in [-0.2, -0.15) is 0 Å². The molecule has 0 fully saturated rings. The molecule has 2 aromatic carbocycles. The minimum atomic E-state index is 0.151. The molecule has 1 unspecified atom stereocenters. The van der Waals surface area contributed by atoms with Gasteiger partial charge in [-0.25, -0.2) is 0 Å². The molecule has 0 spiro atoms. The van der Waals surface area contributed by atoms with Gasteiger partial charge in [-0.1, -0.05) is 66.4 Å². The Balaban J connectivity index is 2.14. The van der Waals surface area contributed by atoms with Crippen LogP contribution in [0.25, 0.3) is 0 Å². The summed E-state index contributed by atoms with van der Waals surface area (Å²) in [5.74, 6) is 6.66. The van der Waals surface area contributed by atoms with Crippen LogP contribution in [0.15, 0.2) is 73.3 Å². The molecule has 0 N–H and O–H groups in total. The van der Waals surface area contributed by atoms with Crippen molar-refractivity contribution < 1.29 is 0 Å². The fourth-order valence-electron chi connectivity index (χ4n) is 2.19. The predicted molar refractivity (Wildman–Crippen MR) is 97.7 cm³/mol. The summed E-state index contributed by atoms with van der Waals surface area (Å²) in [5, 5.41) is 0.151. The van der Waals surface area contributed by atoms with Crippen molar-refractivity contribution in [1.82, 2.24) is 4.90 Å². The van der Waals surface area contributed by atoms with Gasteiger partial charge < -0.3 is 0 Å². The van der Waals surface area contributed by atoms with Crippen LogP contribution >= 0.6 is 11.8 Å². The Labute approximate surface area is 138 Å². The molecule has 112 valence electrons. The molecule has 0 saturated carbocycles. The highest BCUT2D eigenvalue weighted by atomic mass is 32.2. The zero-order valence-corrected chi connectivity index (χ0v) is 13.7. The highest BCUT2D eigenvalue weighted by molar-refractivity contribution is 7.99. The van der Waals surface area contributed by atoms with Gasteiger partial charge in [-0.15, -0.1) is 18.3 Å². The van der Waals surface area contributed by atoms with Crippen LogP contribution in [-0.4, -0.2) is 23.1 Å². The maximum absolute atomic E-state index is 3.88. The maximum Gasteiger partial charge on any atom is 0.119 e. The molecule has 0 heterocycles. The van der Waals surface area contributed by atoms with Crippen molar-refractivity contribution in [3.8, 4) is 11.8 Å². The third kappa shape index (κ3) is 5.11. The van der Waals surface area contributed by atoms with Gasteiger partial charge in [0, 0.05) is 18.7 Å². The van der Waals surface area contributed by atoms with Crippen molar-refractivity contribution in [1.29, 1.82) is 0 Å². The fraction of sp³-hybridized carbons (Fsp3) is 0.200. The van der Waals surface area contributed by atoms with Crippen LogP contribution in [0.2, 0.25) is 0 Å². The minimum Gasteiger partial charge on any atom is -0.273 e. The SMILES string of the molecule is C=CCN(Cc1ccccc1)C(C#Cc1ccccc1)SC. The smallest absolute Gasteiger partial charge is 0.119 e. The van der Waals surface area contributed by atoms with E-state index in [-0.39, 0.29) is 5.37 Å². The molecule has 2 aromatic rings. The summed E-state index contributed by atoms with van der Waals surface area (Å²) in [6, 6.07) is 20.6. The second-order valence-electron chi connectivity index (χ2n) is 4.93. The average Bonchev–Trinajstić information content (AvgIpc) is 2.57. The largest absolute Gasteiger partial charge is 0.273 e. The zero-order chi connectivity index (χ0) is 15.6. The Kier molecular flexibility index (Phi) is 6.83. The topological polar surface area (TPSA) is 3.24 Å². The van der Waals surface area contributed by atoms with E-state index in [0.29, 0.717) is 0 Å². The first kappa shape index (κ1) is 16.4. The molecular formula is C20H21NS. The third-order valence-electron chi connectivity index (χ3n) is 3.26. The molecule has 1 nitrogen and oxygen atoms in total. The highest BCUT2D eigenvalue weighted by Gasteiger charge is 2.14. The lowest BCUT2D eigenvalue weighted by Crippen LogP contribution is -2.31. The van der Waals surface area contributed by atoms with E-state index in [2.05, 4.69) is 53.8 Å². The molecule has 0 amide bonds. The van der Waals surface area contributed by atoms with Gasteiger partial charge in [0.05, 0.1) is 0 Å². The van der Waals surface area contributed by atoms with Gasteiger partial charge >= 0.3 is 0 Å². The van der Waals surface area contributed by atoms with Crippen molar-refractivity contribution in [2.45, 2.75) is 11.9 Å². The van der Waals surface area contributed by atoms with Crippen LogP contribution < -0.4 is 0 Å². The molecule has 0 aliphatic heterocycles. The van der Waals surface area contributed by atoms with Crippen molar-refractivity contribution in [3.63, 3.8) is 0 Å². The Morgan fingerprint density at radius 2 is 1.73 bits per heavy atom. The predicted octanol–water partition coefficient (Wildman–Crippen LogP) is 4.42. The van der Waals surface area contributed by atoms with Crippen molar-refractivity contribution in [3.05, 3.63) is 84.4 Å². The van der Waals surface area contributed by atoms with E-state index < -0.39 is 0 Å². The Hall–Kier alpha value is -1.95. The number of hydrogen-bond acceptors (Lipinski definition) is 2. The van der Waals surface area contributed by atoms with Crippen LogP contribution in [-0.2, 0) is 6.54 Å². The number of rotatable bonds is 6. The van der Waals surface area contributed by atoms with E-state index in [4.69, 9.17) is 0 Å². The zero-order valence-electron chi connectivity index (χ0n) is 12.9. The summed E-state index contributed by atoms with van der Waals surface area (Å²) >= 11 is 1.76. The quantitative estimate of drug-likeness (QED) is 0.442. The summed E-state index contributed by atoms with van der Waals surface area (Å²) in [7, 11) is 0. The van der Waals surface area contributed by atoms with Crippen molar-refractivity contribution >= 4 is 11.8 Å². The van der Waals surface area contributed by atoms with E-state index in [9.17, 15) is 0 Å². The fourth-order valence-corrected chi connectivity index (χ4v) is 2.83. The number of hydrogen-bond donors (Lipinski definition) is 0. The molecule has 2 rings (SSSR count). The van der Waals surface area contributed by atoms with E-state index in [0.717, 1.165) is 18.7 Å². The van der Waals surface area contributed by atoms with Crippen molar-refractivity contribution in [2.24, 2.45) is 0 Å². The third-order valence-corrected chi connectivity index (χ3v) is 4.12. The lowest BCUT2D eigenvalue weighted by Gasteiger charge is -2.25. The van der Waals surface area contributed by atoms with E-state index in [1.807, 2.05) is 42.5 Å². The maximum atomic E-state index is 3.88. The van der Waals surface area contributed by atoms with Gasteiger partial charge in [0.15, 0.2) is 0 Å². The van der Waals surface area contributed by atoms with E-state index >= 15 is 0 Å². The normalized spacial score (nSPS) is 11.5. The van der Waals surface area contributed by atoms with Crippen LogP contribution in [0.3, 0.4) is 0 Å². The lowest BCUT2D eigenvalue weighted by atomic mass is 10.2. The number of benzene rings is 2.